The molecule has 16 heavy (non-hydrogen) atoms. The van der Waals surface area contributed by atoms with E-state index in [0.717, 1.165) is 29.1 Å². The molecule has 0 unspecified atom stereocenters. The first-order chi connectivity index (χ1) is 7.57. The highest BCUT2D eigenvalue weighted by Crippen LogP contribution is 2.49. The van der Waals surface area contributed by atoms with Crippen molar-refractivity contribution in [1.29, 1.82) is 0 Å². The van der Waals surface area contributed by atoms with E-state index in [9.17, 15) is 4.79 Å². The summed E-state index contributed by atoms with van der Waals surface area (Å²) in [6.45, 7) is 4.06. The first-order valence-corrected chi connectivity index (χ1v) is 6.44. The Morgan fingerprint density at radius 3 is 2.88 bits per heavy atom. The maximum Gasteiger partial charge on any atom is 0.167 e. The molecule has 0 bridgehead atoms. The minimum Gasteiger partial charge on any atom is -0.476 e. The monoisotopic (exact) mass is 234 g/mol. The summed E-state index contributed by atoms with van der Waals surface area (Å²) in [6, 6.07) is 5.79. The minimum atomic E-state index is -0.248. The van der Waals surface area contributed by atoms with Crippen LogP contribution in [0.15, 0.2) is 23.1 Å². The quantitative estimate of drug-likeness (QED) is 0.733. The standard InChI is InChI=1S/C13H14O2S/c1-13(2)15-10-5-3-4-9(12(10)16-13)11(14)8-6-7-8/h3-5,8H,6-7H2,1-2H3. The van der Waals surface area contributed by atoms with E-state index in [4.69, 9.17) is 4.74 Å². The molecular formula is C13H14O2S. The van der Waals surface area contributed by atoms with Gasteiger partial charge in [-0.05, 0) is 38.8 Å². The highest BCUT2D eigenvalue weighted by atomic mass is 32.2. The SMILES string of the molecule is CC1(C)Oc2cccc(C(=O)C3CC3)c2S1. The van der Waals surface area contributed by atoms with E-state index < -0.39 is 0 Å². The van der Waals surface area contributed by atoms with E-state index in [1.165, 1.54) is 0 Å². The van der Waals surface area contributed by atoms with Gasteiger partial charge in [-0.2, -0.15) is 0 Å². The van der Waals surface area contributed by atoms with Crippen LogP contribution in [0.25, 0.3) is 0 Å². The fraction of sp³-hybridized carbons (Fsp3) is 0.462. The summed E-state index contributed by atoms with van der Waals surface area (Å²) in [4.78, 5) is 12.9. The van der Waals surface area contributed by atoms with Gasteiger partial charge in [0, 0.05) is 11.5 Å². The predicted molar refractivity (Wildman–Crippen MR) is 64.1 cm³/mol. The van der Waals surface area contributed by atoms with Crippen molar-refractivity contribution < 1.29 is 9.53 Å². The number of hydrogen-bond donors (Lipinski definition) is 0. The van der Waals surface area contributed by atoms with Crippen LogP contribution in [0.4, 0.5) is 0 Å². The highest BCUT2D eigenvalue weighted by molar-refractivity contribution is 8.00. The van der Waals surface area contributed by atoms with Gasteiger partial charge in [0.1, 0.15) is 5.75 Å². The molecule has 0 saturated heterocycles. The summed E-state index contributed by atoms with van der Waals surface area (Å²) in [6.07, 6.45) is 2.11. The minimum absolute atomic E-state index is 0.248. The molecule has 1 heterocycles. The van der Waals surface area contributed by atoms with Crippen LogP contribution >= 0.6 is 11.8 Å². The van der Waals surface area contributed by atoms with Gasteiger partial charge in [0.25, 0.3) is 0 Å². The summed E-state index contributed by atoms with van der Waals surface area (Å²) in [7, 11) is 0. The van der Waals surface area contributed by atoms with E-state index >= 15 is 0 Å². The van der Waals surface area contributed by atoms with Crippen molar-refractivity contribution in [2.24, 2.45) is 5.92 Å². The normalized spacial score (nSPS) is 21.4. The lowest BCUT2D eigenvalue weighted by molar-refractivity contribution is 0.0964. The number of fused-ring (bicyclic) bond motifs is 1. The highest BCUT2D eigenvalue weighted by Gasteiger charge is 2.37. The Hall–Kier alpha value is -0.960. The molecule has 0 N–H and O–H groups in total. The van der Waals surface area contributed by atoms with Crippen molar-refractivity contribution in [1.82, 2.24) is 0 Å². The molecule has 0 amide bonds. The van der Waals surface area contributed by atoms with Gasteiger partial charge in [-0.25, -0.2) is 0 Å². The molecule has 1 saturated carbocycles. The number of carbonyl (C=O) groups is 1. The second kappa shape index (κ2) is 3.27. The molecular weight excluding hydrogens is 220 g/mol. The lowest BCUT2D eigenvalue weighted by Gasteiger charge is -2.15. The molecule has 0 atom stereocenters. The summed E-state index contributed by atoms with van der Waals surface area (Å²) in [5.41, 5.74) is 0.857. The van der Waals surface area contributed by atoms with Crippen LogP contribution in [0.3, 0.4) is 0 Å². The van der Waals surface area contributed by atoms with Crippen molar-refractivity contribution in [3.8, 4) is 5.75 Å². The number of hydrogen-bond acceptors (Lipinski definition) is 3. The number of Topliss-reactive ketones (excluding diaryl/α,β-unsaturated/α-hetero) is 1. The Kier molecular flexibility index (Phi) is 2.08. The van der Waals surface area contributed by atoms with Crippen LogP contribution < -0.4 is 4.74 Å². The Morgan fingerprint density at radius 1 is 1.44 bits per heavy atom. The zero-order chi connectivity index (χ0) is 11.3. The van der Waals surface area contributed by atoms with Crippen LogP contribution in [0.2, 0.25) is 0 Å². The van der Waals surface area contributed by atoms with E-state index in [1.54, 1.807) is 11.8 Å². The molecule has 1 fully saturated rings. The first kappa shape index (κ1) is 10.2. The smallest absolute Gasteiger partial charge is 0.167 e. The fourth-order valence-electron chi connectivity index (χ4n) is 1.99. The average molecular weight is 234 g/mol. The summed E-state index contributed by atoms with van der Waals surface area (Å²) < 4.78 is 5.80. The molecule has 1 aromatic rings. The van der Waals surface area contributed by atoms with Gasteiger partial charge in [-0.15, -0.1) is 0 Å². The lowest BCUT2D eigenvalue weighted by Crippen LogP contribution is -2.18. The van der Waals surface area contributed by atoms with E-state index in [1.807, 2.05) is 32.0 Å². The zero-order valence-electron chi connectivity index (χ0n) is 9.45. The molecule has 1 aliphatic carbocycles. The topological polar surface area (TPSA) is 26.3 Å². The first-order valence-electron chi connectivity index (χ1n) is 5.62. The molecule has 0 aromatic heterocycles. The van der Waals surface area contributed by atoms with Crippen molar-refractivity contribution in [3.63, 3.8) is 0 Å². The molecule has 3 rings (SSSR count). The van der Waals surface area contributed by atoms with Gasteiger partial charge >= 0.3 is 0 Å². The third kappa shape index (κ3) is 1.63. The lowest BCUT2D eigenvalue weighted by atomic mass is 10.1. The maximum absolute atomic E-state index is 12.1. The van der Waals surface area contributed by atoms with Crippen LogP contribution in [0, 0.1) is 5.92 Å². The van der Waals surface area contributed by atoms with Crippen LogP contribution in [0.1, 0.15) is 37.0 Å². The predicted octanol–water partition coefficient (Wildman–Crippen LogP) is 3.50. The average Bonchev–Trinajstić information content (AvgIpc) is 2.98. The fourth-order valence-corrected chi connectivity index (χ4v) is 3.10. The van der Waals surface area contributed by atoms with Gasteiger partial charge in [0.05, 0.1) is 4.90 Å². The number of ether oxygens (including phenoxy) is 1. The van der Waals surface area contributed by atoms with Crippen molar-refractivity contribution in [2.75, 3.05) is 0 Å². The van der Waals surface area contributed by atoms with Crippen LogP contribution in [-0.4, -0.2) is 10.7 Å². The van der Waals surface area contributed by atoms with Gasteiger partial charge in [-0.1, -0.05) is 17.8 Å². The third-order valence-corrected chi connectivity index (χ3v) is 4.10. The summed E-state index contributed by atoms with van der Waals surface area (Å²) >= 11 is 1.65. The van der Waals surface area contributed by atoms with E-state index in [2.05, 4.69) is 0 Å². The largest absolute Gasteiger partial charge is 0.476 e. The van der Waals surface area contributed by atoms with Crippen LogP contribution in [0.5, 0.6) is 5.75 Å². The van der Waals surface area contributed by atoms with Gasteiger partial charge in [-0.3, -0.25) is 4.79 Å². The molecule has 1 aliphatic heterocycles. The maximum atomic E-state index is 12.1. The Bertz CT molecular complexity index is 461. The number of thioether (sulfide) groups is 1. The van der Waals surface area contributed by atoms with E-state index in [-0.39, 0.29) is 10.9 Å². The second-order valence-electron chi connectivity index (χ2n) is 4.88. The Balaban J connectivity index is 2.02. The zero-order valence-corrected chi connectivity index (χ0v) is 10.3. The number of ketones is 1. The summed E-state index contributed by atoms with van der Waals surface area (Å²) in [5, 5.41) is 0. The molecule has 0 spiro atoms. The van der Waals surface area contributed by atoms with E-state index in [0.29, 0.717) is 5.78 Å². The molecule has 2 nitrogen and oxygen atoms in total. The number of benzene rings is 1. The molecule has 84 valence electrons. The Labute approximate surface area is 99.4 Å². The van der Waals surface area contributed by atoms with Gasteiger partial charge in [0.2, 0.25) is 0 Å². The molecule has 2 aliphatic rings. The Morgan fingerprint density at radius 2 is 2.19 bits per heavy atom. The molecule has 0 radical (unpaired) electrons. The van der Waals surface area contributed by atoms with Crippen molar-refractivity contribution >= 4 is 17.5 Å². The number of rotatable bonds is 2. The van der Waals surface area contributed by atoms with Gasteiger partial charge < -0.3 is 4.74 Å². The third-order valence-electron chi connectivity index (χ3n) is 2.90. The second-order valence-corrected chi connectivity index (χ2v) is 6.47. The van der Waals surface area contributed by atoms with Crippen molar-refractivity contribution in [2.45, 2.75) is 36.5 Å². The van der Waals surface area contributed by atoms with Gasteiger partial charge in [0.15, 0.2) is 10.7 Å². The van der Waals surface area contributed by atoms with Crippen LogP contribution in [-0.2, 0) is 0 Å². The molecule has 1 aromatic carbocycles. The summed E-state index contributed by atoms with van der Waals surface area (Å²) in [5.74, 6) is 1.43. The molecule has 3 heteroatoms. The number of carbonyl (C=O) groups excluding carboxylic acids is 1. The van der Waals surface area contributed by atoms with Crippen molar-refractivity contribution in [3.05, 3.63) is 23.8 Å².